The Morgan fingerprint density at radius 2 is 1.74 bits per heavy atom. The number of hydrogen-bond donors (Lipinski definition) is 3. The number of likely N-dealkylation sites (N-methyl/N-ethyl adjacent to an activating group) is 1. The van der Waals surface area contributed by atoms with Crippen LogP contribution in [0.3, 0.4) is 0 Å². The fraction of sp³-hybridized carbons (Fsp3) is 0.688. The van der Waals surface area contributed by atoms with Crippen LogP contribution in [0.25, 0.3) is 0 Å². The summed E-state index contributed by atoms with van der Waals surface area (Å²) in [7, 11) is 1.50. The Morgan fingerprint density at radius 1 is 1.05 bits per heavy atom. The molecule has 1 aromatic carbocycles. The molecule has 1 saturated carbocycles. The summed E-state index contributed by atoms with van der Waals surface area (Å²) >= 11 is 0. The zero-order valence-corrected chi connectivity index (χ0v) is 25.7. The Morgan fingerprint density at radius 3 is 2.43 bits per heavy atom. The van der Waals surface area contributed by atoms with Gasteiger partial charge in [0.15, 0.2) is 0 Å². The summed E-state index contributed by atoms with van der Waals surface area (Å²) in [6.07, 6.45) is 5.96. The average Bonchev–Trinajstić information content (AvgIpc) is 3.36. The molecule has 1 aliphatic heterocycles. The summed E-state index contributed by atoms with van der Waals surface area (Å²) in [5.41, 5.74) is 1.61. The van der Waals surface area contributed by atoms with Gasteiger partial charge < -0.3 is 25.4 Å². The van der Waals surface area contributed by atoms with Crippen LogP contribution in [0.4, 0.5) is 4.79 Å². The summed E-state index contributed by atoms with van der Waals surface area (Å²) in [6.45, 7) is 6.89. The van der Waals surface area contributed by atoms with Gasteiger partial charge >= 0.3 is 6.09 Å². The molecule has 3 N–H and O–H groups in total. The van der Waals surface area contributed by atoms with Gasteiger partial charge in [0.1, 0.15) is 23.7 Å². The van der Waals surface area contributed by atoms with Crippen LogP contribution in [0.5, 0.6) is 0 Å². The zero-order valence-electron chi connectivity index (χ0n) is 25.7. The van der Waals surface area contributed by atoms with Gasteiger partial charge in [0.05, 0.1) is 12.1 Å². The Hall–Kier alpha value is -3.14. The number of amides is 4. The van der Waals surface area contributed by atoms with Crippen LogP contribution in [0, 0.1) is 5.92 Å². The first-order valence-corrected chi connectivity index (χ1v) is 15.5. The van der Waals surface area contributed by atoms with Crippen LogP contribution < -0.4 is 10.6 Å². The molecule has 2 fully saturated rings. The molecule has 4 amide bonds. The highest BCUT2D eigenvalue weighted by molar-refractivity contribution is 5.94. The molecule has 5 atom stereocenters. The second kappa shape index (κ2) is 13.4. The number of nitrogens with one attached hydrogen (secondary N) is 2. The molecule has 0 bridgehead atoms. The molecule has 10 heteroatoms. The number of carbonyl (C=O) groups is 4. The number of aliphatic hydroxyl groups is 1. The molecule has 0 aromatic heterocycles. The lowest BCUT2D eigenvalue weighted by molar-refractivity contribution is -0.143. The molecule has 10 nitrogen and oxygen atoms in total. The second-order valence-electron chi connectivity index (χ2n) is 13.2. The third-order valence-corrected chi connectivity index (χ3v) is 8.88. The molecule has 3 aliphatic rings. The lowest BCUT2D eigenvalue weighted by Crippen LogP contribution is -2.59. The predicted molar refractivity (Wildman–Crippen MR) is 158 cm³/mol. The van der Waals surface area contributed by atoms with Gasteiger partial charge in [0, 0.05) is 20.0 Å². The number of carbonyl (C=O) groups excluding carboxylic acids is 4. The van der Waals surface area contributed by atoms with Crippen molar-refractivity contribution in [3.63, 3.8) is 0 Å². The number of fused-ring (bicyclic) bond motifs is 1. The Balaban J connectivity index is 1.50. The number of benzene rings is 1. The topological polar surface area (TPSA) is 128 Å². The number of aryl methyl sites for hydroxylation is 1. The number of β-amino-alcohol motifs (C(OH)–C–C–N with tert-alkyl or cyclic N) is 1. The first-order valence-electron chi connectivity index (χ1n) is 15.5. The summed E-state index contributed by atoms with van der Waals surface area (Å²) in [5.74, 6) is -1.20. The fourth-order valence-corrected chi connectivity index (χ4v) is 6.45. The minimum Gasteiger partial charge on any atom is -0.444 e. The average molecular weight is 585 g/mol. The zero-order chi connectivity index (χ0) is 30.6. The van der Waals surface area contributed by atoms with Crippen molar-refractivity contribution in [2.45, 2.75) is 121 Å². The summed E-state index contributed by atoms with van der Waals surface area (Å²) in [6, 6.07) is 5.38. The van der Waals surface area contributed by atoms with E-state index in [2.05, 4.69) is 16.7 Å². The van der Waals surface area contributed by atoms with E-state index in [1.54, 1.807) is 27.7 Å². The molecule has 1 saturated heterocycles. The fourth-order valence-electron chi connectivity index (χ4n) is 6.45. The van der Waals surface area contributed by atoms with Gasteiger partial charge in [0.25, 0.3) is 0 Å². The summed E-state index contributed by atoms with van der Waals surface area (Å²) in [4.78, 5) is 56.5. The maximum absolute atomic E-state index is 14.2. The van der Waals surface area contributed by atoms with E-state index >= 15 is 0 Å². The highest BCUT2D eigenvalue weighted by atomic mass is 16.6. The van der Waals surface area contributed by atoms with Crippen molar-refractivity contribution in [1.29, 1.82) is 0 Å². The van der Waals surface area contributed by atoms with E-state index < -0.39 is 41.8 Å². The Labute approximate surface area is 249 Å². The smallest absolute Gasteiger partial charge is 0.410 e. The van der Waals surface area contributed by atoms with Gasteiger partial charge in [-0.3, -0.25) is 19.3 Å². The molecule has 0 radical (unpaired) electrons. The third-order valence-electron chi connectivity index (χ3n) is 8.88. The number of ether oxygens (including phenoxy) is 1. The van der Waals surface area contributed by atoms with Crippen molar-refractivity contribution in [3.05, 3.63) is 35.4 Å². The van der Waals surface area contributed by atoms with Gasteiger partial charge in [-0.1, -0.05) is 43.5 Å². The molecule has 0 spiro atoms. The van der Waals surface area contributed by atoms with Crippen molar-refractivity contribution < 1.29 is 29.0 Å². The highest BCUT2D eigenvalue weighted by Gasteiger charge is 2.44. The highest BCUT2D eigenvalue weighted by Crippen LogP contribution is 2.32. The minimum absolute atomic E-state index is 0.0324. The molecule has 4 rings (SSSR count). The lowest BCUT2D eigenvalue weighted by Gasteiger charge is -2.36. The third kappa shape index (κ3) is 7.62. The SMILES string of the molecule is C[C@@H](C(=O)N[C@H](C(=O)N1C[C@H](O)C[C@H]1C(=O)N[C@@H]1CCCc2ccccc21)C1CCCCC1)N(C)C(=O)OC(C)(C)C. The number of aliphatic hydroxyl groups excluding tert-OH is 1. The number of hydrogen-bond acceptors (Lipinski definition) is 6. The first-order chi connectivity index (χ1) is 19.9. The van der Waals surface area contributed by atoms with Crippen molar-refractivity contribution in [2.24, 2.45) is 5.92 Å². The van der Waals surface area contributed by atoms with E-state index in [1.807, 2.05) is 18.2 Å². The van der Waals surface area contributed by atoms with Crippen LogP contribution in [-0.4, -0.2) is 82.1 Å². The van der Waals surface area contributed by atoms with Crippen LogP contribution in [0.1, 0.15) is 96.2 Å². The summed E-state index contributed by atoms with van der Waals surface area (Å²) in [5, 5.41) is 16.7. The van der Waals surface area contributed by atoms with Crippen molar-refractivity contribution in [2.75, 3.05) is 13.6 Å². The summed E-state index contributed by atoms with van der Waals surface area (Å²) < 4.78 is 5.42. The van der Waals surface area contributed by atoms with Crippen molar-refractivity contribution >= 4 is 23.8 Å². The maximum atomic E-state index is 14.2. The van der Waals surface area contributed by atoms with E-state index in [4.69, 9.17) is 4.74 Å². The van der Waals surface area contributed by atoms with Gasteiger partial charge in [0.2, 0.25) is 17.7 Å². The number of rotatable bonds is 7. The first kappa shape index (κ1) is 31.8. The van der Waals surface area contributed by atoms with Gasteiger partial charge in [-0.2, -0.15) is 0 Å². The molecule has 42 heavy (non-hydrogen) atoms. The van der Waals surface area contributed by atoms with E-state index in [0.29, 0.717) is 0 Å². The molecule has 232 valence electrons. The van der Waals surface area contributed by atoms with E-state index in [0.717, 1.165) is 56.9 Å². The quantitative estimate of drug-likeness (QED) is 0.450. The normalized spacial score (nSPS) is 24.2. The van der Waals surface area contributed by atoms with E-state index in [9.17, 15) is 24.3 Å². The molecule has 0 unspecified atom stereocenters. The molecular formula is C32H48N4O6. The molecule has 1 heterocycles. The van der Waals surface area contributed by atoms with Crippen LogP contribution in [0.15, 0.2) is 24.3 Å². The van der Waals surface area contributed by atoms with Crippen molar-refractivity contribution in [1.82, 2.24) is 20.4 Å². The number of likely N-dealkylation sites (tertiary alicyclic amines) is 1. The predicted octanol–water partition coefficient (Wildman–Crippen LogP) is 3.46. The largest absolute Gasteiger partial charge is 0.444 e. The van der Waals surface area contributed by atoms with Crippen LogP contribution >= 0.6 is 0 Å². The standard InChI is InChI=1S/C32H48N4O6/c1-20(35(5)31(41)42-32(2,3)4)28(38)34-27(22-13-7-6-8-14-22)30(40)36-19-23(37)18-26(36)29(39)33-25-17-11-15-21-12-9-10-16-24(21)25/h9-10,12,16,20,22-23,25-27,37H,6-8,11,13-15,17-19H2,1-5H3,(H,33,39)(H,34,38)/t20-,23+,25+,26-,27-/m0/s1. The van der Waals surface area contributed by atoms with Gasteiger partial charge in [-0.15, -0.1) is 0 Å². The molecule has 1 aromatic rings. The Bertz CT molecular complexity index is 1140. The van der Waals surface area contributed by atoms with E-state index in [1.165, 1.54) is 22.4 Å². The van der Waals surface area contributed by atoms with Crippen LogP contribution in [-0.2, 0) is 25.5 Å². The monoisotopic (exact) mass is 584 g/mol. The number of nitrogens with zero attached hydrogens (tertiary/aromatic N) is 2. The lowest BCUT2D eigenvalue weighted by atomic mass is 9.83. The second-order valence-corrected chi connectivity index (χ2v) is 13.2. The molecule has 2 aliphatic carbocycles. The van der Waals surface area contributed by atoms with E-state index in [-0.39, 0.29) is 36.7 Å². The van der Waals surface area contributed by atoms with Crippen LogP contribution in [0.2, 0.25) is 0 Å². The molecular weight excluding hydrogens is 536 g/mol. The minimum atomic E-state index is -0.881. The van der Waals surface area contributed by atoms with Gasteiger partial charge in [-0.05, 0) is 76.8 Å². The maximum Gasteiger partial charge on any atom is 0.410 e. The Kier molecular flexibility index (Phi) is 10.2. The van der Waals surface area contributed by atoms with Gasteiger partial charge in [-0.25, -0.2) is 4.79 Å². The van der Waals surface area contributed by atoms with Crippen molar-refractivity contribution in [3.8, 4) is 0 Å².